The van der Waals surface area contributed by atoms with Gasteiger partial charge in [0.05, 0.1) is 5.38 Å². The first-order chi connectivity index (χ1) is 16.7. The highest BCUT2D eigenvalue weighted by molar-refractivity contribution is 7.18. The number of benzene rings is 1. The van der Waals surface area contributed by atoms with Crippen molar-refractivity contribution < 1.29 is 0 Å². The number of rotatable bonds is 7. The molecule has 8 nitrogen and oxygen atoms in total. The van der Waals surface area contributed by atoms with E-state index in [9.17, 15) is 0 Å². The Morgan fingerprint density at radius 1 is 1.12 bits per heavy atom. The van der Waals surface area contributed by atoms with E-state index in [0.29, 0.717) is 12.0 Å². The summed E-state index contributed by atoms with van der Waals surface area (Å²) >= 11 is 8.41. The summed E-state index contributed by atoms with van der Waals surface area (Å²) in [5, 5.41) is 14.3. The lowest BCUT2D eigenvalue weighted by Gasteiger charge is -2.35. The highest BCUT2D eigenvalue weighted by Crippen LogP contribution is 2.35. The van der Waals surface area contributed by atoms with E-state index in [0.717, 1.165) is 59.6 Å². The van der Waals surface area contributed by atoms with Crippen LogP contribution >= 0.6 is 22.9 Å². The molecule has 0 amide bonds. The maximum atomic E-state index is 6.82. The van der Waals surface area contributed by atoms with Crippen LogP contribution in [-0.4, -0.2) is 68.3 Å². The quantitative estimate of drug-likeness (QED) is 0.430. The number of nitrogens with one attached hydrogen (secondary N) is 3. The summed E-state index contributed by atoms with van der Waals surface area (Å²) in [4.78, 5) is 7.19. The molecule has 0 radical (unpaired) electrons. The zero-order chi connectivity index (χ0) is 22.9. The number of hydrazine groups is 1. The highest BCUT2D eigenvalue weighted by Gasteiger charge is 2.41. The summed E-state index contributed by atoms with van der Waals surface area (Å²) in [6, 6.07) is 9.14. The zero-order valence-electron chi connectivity index (χ0n) is 19.2. The van der Waals surface area contributed by atoms with Gasteiger partial charge in [0.2, 0.25) is 5.13 Å². The Labute approximate surface area is 209 Å². The van der Waals surface area contributed by atoms with Gasteiger partial charge in [-0.3, -0.25) is 10.9 Å². The number of hydrogen-bond donors (Lipinski definition) is 3. The molecule has 2 saturated heterocycles. The minimum Gasteiger partial charge on any atom is -0.356 e. The Bertz CT molecular complexity index is 1110. The lowest BCUT2D eigenvalue weighted by molar-refractivity contribution is 0.320. The average molecular weight is 499 g/mol. The second-order valence-corrected chi connectivity index (χ2v) is 11.0. The second-order valence-electron chi connectivity index (χ2n) is 9.55. The van der Waals surface area contributed by atoms with Crippen LogP contribution in [0, 0.1) is 5.92 Å². The molecule has 3 aromatic rings. The smallest absolute Gasteiger partial charge is 0.206 e. The molecule has 34 heavy (non-hydrogen) atoms. The number of anilines is 1. The molecule has 0 bridgehead atoms. The maximum absolute atomic E-state index is 6.82. The Morgan fingerprint density at radius 2 is 2.00 bits per heavy atom. The third-order valence-electron chi connectivity index (χ3n) is 7.40. The van der Waals surface area contributed by atoms with Crippen molar-refractivity contribution in [2.24, 2.45) is 5.92 Å². The molecule has 4 unspecified atom stereocenters. The summed E-state index contributed by atoms with van der Waals surface area (Å²) in [5.74, 6) is 1.44. The third kappa shape index (κ3) is 4.59. The molecule has 3 fully saturated rings. The minimum atomic E-state index is 0.0661. The number of nitrogens with zero attached hydrogens (tertiary/aromatic N) is 5. The van der Waals surface area contributed by atoms with Crippen molar-refractivity contribution in [3.63, 3.8) is 0 Å². The Hall–Kier alpha value is -2.04. The number of aromatic nitrogens is 4. The van der Waals surface area contributed by atoms with Crippen molar-refractivity contribution in [3.05, 3.63) is 36.7 Å². The van der Waals surface area contributed by atoms with Gasteiger partial charge in [0.15, 0.2) is 0 Å². The van der Waals surface area contributed by atoms with Crippen LogP contribution in [0.2, 0.25) is 0 Å². The molecule has 6 rings (SSSR count). The van der Waals surface area contributed by atoms with Crippen LogP contribution < -0.4 is 16.2 Å². The van der Waals surface area contributed by atoms with Gasteiger partial charge in [-0.2, -0.15) is 0 Å². The molecule has 2 aromatic heterocycles. The normalized spacial score (nSPS) is 27.2. The van der Waals surface area contributed by atoms with Crippen LogP contribution in [0.15, 0.2) is 36.7 Å². The van der Waals surface area contributed by atoms with E-state index < -0.39 is 0 Å². The van der Waals surface area contributed by atoms with Crippen LogP contribution in [0.1, 0.15) is 25.7 Å². The lowest BCUT2D eigenvalue weighted by atomic mass is 9.82. The number of likely N-dealkylation sites (tertiary alicyclic amines) is 1. The molecule has 2 aliphatic heterocycles. The van der Waals surface area contributed by atoms with Crippen LogP contribution in [0.25, 0.3) is 22.0 Å². The van der Waals surface area contributed by atoms with Gasteiger partial charge in [0.25, 0.3) is 0 Å². The summed E-state index contributed by atoms with van der Waals surface area (Å²) < 4.78 is 2.26. The molecule has 10 heteroatoms. The van der Waals surface area contributed by atoms with Gasteiger partial charge in [-0.1, -0.05) is 29.5 Å². The Kier molecular flexibility index (Phi) is 6.54. The van der Waals surface area contributed by atoms with Crippen molar-refractivity contribution in [1.29, 1.82) is 0 Å². The Balaban J connectivity index is 1.15. The molecule has 1 aliphatic carbocycles. The molecule has 1 saturated carbocycles. The van der Waals surface area contributed by atoms with E-state index in [-0.39, 0.29) is 11.4 Å². The summed E-state index contributed by atoms with van der Waals surface area (Å²) in [5.41, 5.74) is 8.76. The fourth-order valence-corrected chi connectivity index (χ4v) is 6.76. The predicted octanol–water partition coefficient (Wildman–Crippen LogP) is 3.44. The summed E-state index contributed by atoms with van der Waals surface area (Å²) in [6.07, 6.45) is 8.74. The van der Waals surface area contributed by atoms with Crippen molar-refractivity contribution >= 4 is 28.1 Å². The van der Waals surface area contributed by atoms with Crippen molar-refractivity contribution in [2.75, 3.05) is 31.5 Å². The topological polar surface area (TPSA) is 82.9 Å². The van der Waals surface area contributed by atoms with Crippen LogP contribution in [-0.2, 0) is 6.54 Å². The standard InChI is InChI=1S/C24H31ClN8S/c25-21-18-15-27-29-19(18)6-7-20(21)28-24-31-30-23(34-24)17-5-3-4-16(14-17)22-26-8-11-33(22)13-12-32-9-1-2-10-32/h3-5,8,11,14,18-21,27,29H,1-2,6-7,9-10,12-13,15H2,(H,28,31). The van der Waals surface area contributed by atoms with Gasteiger partial charge in [0.1, 0.15) is 10.8 Å². The molecule has 1 aromatic carbocycles. The van der Waals surface area contributed by atoms with E-state index in [1.807, 2.05) is 6.20 Å². The third-order valence-corrected chi connectivity index (χ3v) is 8.93. The first kappa shape index (κ1) is 22.4. The van der Waals surface area contributed by atoms with Crippen LogP contribution in [0.4, 0.5) is 5.13 Å². The number of fused-ring (bicyclic) bond motifs is 1. The number of alkyl halides is 1. The molecule has 0 spiro atoms. The van der Waals surface area contributed by atoms with Gasteiger partial charge in [-0.05, 0) is 44.8 Å². The second kappa shape index (κ2) is 9.91. The number of halogens is 1. The van der Waals surface area contributed by atoms with Crippen LogP contribution in [0.5, 0.6) is 0 Å². The summed E-state index contributed by atoms with van der Waals surface area (Å²) in [7, 11) is 0. The highest BCUT2D eigenvalue weighted by atomic mass is 35.5. The average Bonchev–Trinajstić information content (AvgIpc) is 3.67. The van der Waals surface area contributed by atoms with Crippen molar-refractivity contribution in [3.8, 4) is 22.0 Å². The largest absolute Gasteiger partial charge is 0.356 e. The predicted molar refractivity (Wildman–Crippen MR) is 137 cm³/mol. The van der Waals surface area contributed by atoms with Gasteiger partial charge in [-0.25, -0.2) is 4.98 Å². The van der Waals surface area contributed by atoms with E-state index in [1.54, 1.807) is 11.3 Å². The summed E-state index contributed by atoms with van der Waals surface area (Å²) in [6.45, 7) is 5.38. The van der Waals surface area contributed by atoms with E-state index in [4.69, 9.17) is 11.6 Å². The molecular weight excluding hydrogens is 468 g/mol. The fraction of sp³-hybridized carbons (Fsp3) is 0.542. The van der Waals surface area contributed by atoms with Gasteiger partial charge >= 0.3 is 0 Å². The molecule has 4 atom stereocenters. The SMILES string of the molecule is ClC1C(Nc2nnc(-c3cccc(-c4nccn4CCN4CCCC4)c3)s2)CCC2NNCC21. The zero-order valence-corrected chi connectivity index (χ0v) is 20.7. The molecular formula is C24H31ClN8S. The van der Waals surface area contributed by atoms with E-state index in [2.05, 4.69) is 71.3 Å². The van der Waals surface area contributed by atoms with Crippen molar-refractivity contribution in [1.82, 2.24) is 35.5 Å². The first-order valence-corrected chi connectivity index (χ1v) is 13.6. The molecule has 3 N–H and O–H groups in total. The first-order valence-electron chi connectivity index (χ1n) is 12.3. The molecule has 180 valence electrons. The van der Waals surface area contributed by atoms with E-state index in [1.165, 1.54) is 25.9 Å². The Morgan fingerprint density at radius 3 is 2.91 bits per heavy atom. The maximum Gasteiger partial charge on any atom is 0.206 e. The molecule has 4 heterocycles. The minimum absolute atomic E-state index is 0.0661. The lowest BCUT2D eigenvalue weighted by Crippen LogP contribution is -2.47. The van der Waals surface area contributed by atoms with Gasteiger partial charge in [0, 0.05) is 61.2 Å². The van der Waals surface area contributed by atoms with Gasteiger partial charge in [-0.15, -0.1) is 21.8 Å². The number of hydrogen-bond acceptors (Lipinski definition) is 8. The monoisotopic (exact) mass is 498 g/mol. The van der Waals surface area contributed by atoms with Crippen LogP contribution in [0.3, 0.4) is 0 Å². The fourth-order valence-electron chi connectivity index (χ4n) is 5.50. The number of imidazole rings is 1. The van der Waals surface area contributed by atoms with E-state index >= 15 is 0 Å². The molecule has 3 aliphatic rings. The van der Waals surface area contributed by atoms with Gasteiger partial charge < -0.3 is 14.8 Å². The van der Waals surface area contributed by atoms with Crippen molar-refractivity contribution in [2.45, 2.75) is 49.7 Å².